The lowest BCUT2D eigenvalue weighted by Gasteiger charge is -2.12. The van der Waals surface area contributed by atoms with Gasteiger partial charge in [-0.25, -0.2) is 0 Å². The van der Waals surface area contributed by atoms with E-state index in [-0.39, 0.29) is 0 Å². The highest BCUT2D eigenvalue weighted by molar-refractivity contribution is 7.26. The normalized spacial score (nSPS) is 12.1. The summed E-state index contributed by atoms with van der Waals surface area (Å²) in [6, 6.07) is 82.6. The van der Waals surface area contributed by atoms with Crippen LogP contribution >= 0.6 is 11.3 Å². The van der Waals surface area contributed by atoms with E-state index in [0.29, 0.717) is 0 Å². The number of fused-ring (bicyclic) bond motifs is 12. The molecule has 0 amide bonds. The van der Waals surface area contributed by atoms with Crippen molar-refractivity contribution >= 4 is 96.9 Å². The molecule has 0 saturated carbocycles. The Morgan fingerprint density at radius 3 is 1.31 bits per heavy atom. The van der Waals surface area contributed by atoms with Gasteiger partial charge in [0.25, 0.3) is 0 Å². The van der Waals surface area contributed by atoms with Crippen LogP contribution in [0.2, 0.25) is 0 Å². The van der Waals surface area contributed by atoms with Gasteiger partial charge >= 0.3 is 0 Å². The molecule has 0 unspecified atom stereocenters. The van der Waals surface area contributed by atoms with Crippen LogP contribution in [0.5, 0.6) is 0 Å². The van der Waals surface area contributed by atoms with Crippen LogP contribution in [0.4, 0.5) is 0 Å². The second-order valence-corrected chi connectivity index (χ2v) is 18.0. The van der Waals surface area contributed by atoms with Crippen molar-refractivity contribution in [1.82, 2.24) is 13.7 Å². The lowest BCUT2D eigenvalue weighted by atomic mass is 9.98. The van der Waals surface area contributed by atoms with Gasteiger partial charge in [0.2, 0.25) is 0 Å². The number of aromatic nitrogens is 3. The van der Waals surface area contributed by atoms with Crippen LogP contribution in [-0.2, 0) is 0 Å². The fraction of sp³-hybridized carbons (Fsp3) is 0. The minimum Gasteiger partial charge on any atom is -0.309 e. The van der Waals surface area contributed by atoms with Gasteiger partial charge in [0.05, 0.1) is 38.8 Å². The monoisotopic (exact) mass is 831 g/mol. The lowest BCUT2D eigenvalue weighted by Crippen LogP contribution is -1.97. The van der Waals surface area contributed by atoms with E-state index in [2.05, 4.69) is 238 Å². The van der Waals surface area contributed by atoms with Gasteiger partial charge in [-0.3, -0.25) is 0 Å². The van der Waals surface area contributed by atoms with Gasteiger partial charge in [0, 0.05) is 63.9 Å². The molecule has 0 aliphatic heterocycles. The highest BCUT2D eigenvalue weighted by atomic mass is 32.1. The van der Waals surface area contributed by atoms with Crippen LogP contribution in [0.3, 0.4) is 0 Å². The van der Waals surface area contributed by atoms with E-state index in [1.807, 2.05) is 11.3 Å². The molecule has 0 fully saturated rings. The van der Waals surface area contributed by atoms with E-state index in [1.165, 1.54) is 114 Å². The number of para-hydroxylation sites is 4. The molecule has 3 nitrogen and oxygen atoms in total. The third-order valence-electron chi connectivity index (χ3n) is 13.4. The van der Waals surface area contributed by atoms with E-state index < -0.39 is 0 Å². The highest BCUT2D eigenvalue weighted by Crippen LogP contribution is 2.44. The molecule has 14 aromatic rings. The molecule has 0 aliphatic rings. The first-order valence-corrected chi connectivity index (χ1v) is 22.7. The smallest absolute Gasteiger partial charge is 0.0555 e. The average Bonchev–Trinajstić information content (AvgIpc) is 4.10. The number of benzene rings is 10. The molecule has 4 heterocycles. The van der Waals surface area contributed by atoms with Gasteiger partial charge in [0.1, 0.15) is 0 Å². The summed E-state index contributed by atoms with van der Waals surface area (Å²) in [4.78, 5) is 0. The Bertz CT molecular complexity index is 4140. The van der Waals surface area contributed by atoms with Crippen LogP contribution in [0.25, 0.3) is 125 Å². The predicted molar refractivity (Wildman–Crippen MR) is 273 cm³/mol. The number of rotatable bonds is 5. The summed E-state index contributed by atoms with van der Waals surface area (Å²) in [6.07, 6.45) is 0. The van der Waals surface area contributed by atoms with Crippen molar-refractivity contribution < 1.29 is 0 Å². The summed E-state index contributed by atoms with van der Waals surface area (Å²) >= 11 is 1.88. The van der Waals surface area contributed by atoms with Crippen LogP contribution in [-0.4, -0.2) is 13.7 Å². The largest absolute Gasteiger partial charge is 0.309 e. The quantitative estimate of drug-likeness (QED) is 0.164. The summed E-state index contributed by atoms with van der Waals surface area (Å²) in [7, 11) is 0. The van der Waals surface area contributed by atoms with Crippen molar-refractivity contribution in [3.05, 3.63) is 224 Å². The van der Waals surface area contributed by atoms with Gasteiger partial charge in [-0.2, -0.15) is 0 Å². The van der Waals surface area contributed by atoms with Crippen LogP contribution < -0.4 is 0 Å². The topological polar surface area (TPSA) is 14.8 Å². The fourth-order valence-corrected chi connectivity index (χ4v) is 11.8. The molecule has 64 heavy (non-hydrogen) atoms. The van der Waals surface area contributed by atoms with E-state index in [1.54, 1.807) is 0 Å². The Hall–Kier alpha value is -8.18. The average molecular weight is 832 g/mol. The summed E-state index contributed by atoms with van der Waals surface area (Å²) in [5.74, 6) is 0. The summed E-state index contributed by atoms with van der Waals surface area (Å²) in [6.45, 7) is 0. The molecule has 0 bridgehead atoms. The molecule has 0 spiro atoms. The van der Waals surface area contributed by atoms with E-state index in [4.69, 9.17) is 0 Å². The molecule has 0 atom stereocenters. The van der Waals surface area contributed by atoms with E-state index in [0.717, 1.165) is 11.4 Å². The Kier molecular flexibility index (Phi) is 7.56. The van der Waals surface area contributed by atoms with Crippen LogP contribution in [0.15, 0.2) is 224 Å². The highest BCUT2D eigenvalue weighted by Gasteiger charge is 2.20. The van der Waals surface area contributed by atoms with E-state index >= 15 is 0 Å². The molecule has 10 aromatic carbocycles. The Balaban J connectivity index is 0.930. The van der Waals surface area contributed by atoms with Gasteiger partial charge in [0.15, 0.2) is 0 Å². The summed E-state index contributed by atoms with van der Waals surface area (Å²) in [5.41, 5.74) is 15.7. The first kappa shape index (κ1) is 35.4. The molecule has 4 heteroatoms. The van der Waals surface area contributed by atoms with Crippen LogP contribution in [0, 0.1) is 0 Å². The minimum absolute atomic E-state index is 1.15. The Labute approximate surface area is 372 Å². The van der Waals surface area contributed by atoms with Crippen molar-refractivity contribution in [2.75, 3.05) is 0 Å². The van der Waals surface area contributed by atoms with Crippen molar-refractivity contribution in [2.24, 2.45) is 0 Å². The standard InChI is InChI=1S/C60H37N3S/c1-2-14-38(15-3-1)39-16-12-17-40(34-39)41-28-31-48-59(35-41)64-58-27-13-26-57(60(48)58)63-54-25-11-7-21-47(54)50-37-43(30-33-56(50)63)62-53-24-10-6-20-46(53)49-36-42(29-32-55(49)62)61-51-22-8-4-18-44(51)45-19-5-9-23-52(45)61/h1-37H. The van der Waals surface area contributed by atoms with Crippen molar-refractivity contribution in [1.29, 1.82) is 0 Å². The first-order chi connectivity index (χ1) is 31.7. The maximum atomic E-state index is 2.49. The Morgan fingerprint density at radius 2 is 0.703 bits per heavy atom. The predicted octanol–water partition coefficient (Wildman–Crippen LogP) is 16.7. The number of hydrogen-bond donors (Lipinski definition) is 0. The van der Waals surface area contributed by atoms with Crippen molar-refractivity contribution in [3.8, 4) is 39.3 Å². The molecule has 0 saturated heterocycles. The summed E-state index contributed by atoms with van der Waals surface area (Å²) in [5, 5.41) is 10.1. The zero-order chi connectivity index (χ0) is 41.9. The van der Waals surface area contributed by atoms with Gasteiger partial charge < -0.3 is 13.7 Å². The van der Waals surface area contributed by atoms with Gasteiger partial charge in [-0.05, 0) is 107 Å². The van der Waals surface area contributed by atoms with Gasteiger partial charge in [-0.1, -0.05) is 140 Å². The molecule has 0 N–H and O–H groups in total. The van der Waals surface area contributed by atoms with Gasteiger partial charge in [-0.15, -0.1) is 11.3 Å². The SMILES string of the molecule is c1ccc(-c2cccc(-c3ccc4c(c3)sc3cccc(-n5c6ccccc6c6cc(-n7c8ccccc8c8cc(-n9c%10ccccc%10c%10ccccc%109)ccc87)ccc65)c34)c2)cc1. The van der Waals surface area contributed by atoms with Crippen molar-refractivity contribution in [2.45, 2.75) is 0 Å². The molecule has 4 aromatic heterocycles. The number of nitrogens with zero attached hydrogens (tertiary/aromatic N) is 3. The lowest BCUT2D eigenvalue weighted by molar-refractivity contribution is 1.16. The molecule has 0 aliphatic carbocycles. The van der Waals surface area contributed by atoms with Crippen LogP contribution in [0.1, 0.15) is 0 Å². The fourth-order valence-electron chi connectivity index (χ4n) is 10.6. The first-order valence-electron chi connectivity index (χ1n) is 21.9. The number of thiophene rings is 1. The molecular formula is C60H37N3S. The maximum absolute atomic E-state index is 2.49. The Morgan fingerprint density at radius 1 is 0.250 bits per heavy atom. The molecule has 0 radical (unpaired) electrons. The second kappa shape index (κ2) is 13.7. The summed E-state index contributed by atoms with van der Waals surface area (Å²) < 4.78 is 9.94. The third-order valence-corrected chi connectivity index (χ3v) is 14.5. The third kappa shape index (κ3) is 5.15. The zero-order valence-corrected chi connectivity index (χ0v) is 35.4. The number of hydrogen-bond acceptors (Lipinski definition) is 1. The second-order valence-electron chi connectivity index (χ2n) is 16.9. The minimum atomic E-state index is 1.15. The van der Waals surface area contributed by atoms with E-state index in [9.17, 15) is 0 Å². The van der Waals surface area contributed by atoms with Crippen molar-refractivity contribution in [3.63, 3.8) is 0 Å². The maximum Gasteiger partial charge on any atom is 0.0555 e. The molecular weight excluding hydrogens is 795 g/mol. The molecule has 14 rings (SSSR count). The zero-order valence-electron chi connectivity index (χ0n) is 34.6. The molecule has 298 valence electrons.